The van der Waals surface area contributed by atoms with Gasteiger partial charge in [-0.2, -0.15) is 4.48 Å². The fourth-order valence-corrected chi connectivity index (χ4v) is 5.58. The number of carboxylic acid groups (broad SMARTS) is 1. The topological polar surface area (TPSA) is 161 Å². The van der Waals surface area contributed by atoms with Crippen LogP contribution in [0.25, 0.3) is 11.1 Å². The quantitative estimate of drug-likeness (QED) is 0.290. The molecule has 1 fully saturated rings. The van der Waals surface area contributed by atoms with E-state index < -0.39 is 58.1 Å². The van der Waals surface area contributed by atoms with Crippen molar-refractivity contribution in [3.05, 3.63) is 65.5 Å². The molecular weight excluding hydrogens is 540 g/mol. The lowest BCUT2D eigenvalue weighted by Crippen LogP contribution is -2.70. The highest BCUT2D eigenvalue weighted by Gasteiger charge is 2.59. The van der Waals surface area contributed by atoms with E-state index in [1.807, 2.05) is 0 Å². The first-order valence-electron chi connectivity index (χ1n) is 14.1. The van der Waals surface area contributed by atoms with E-state index >= 15 is 0 Å². The number of likely N-dealkylation sites (tertiary alicyclic amines) is 1. The third kappa shape index (κ3) is 5.37. The number of imide groups is 2. The molecule has 4 amide bonds. The number of carbonyl (C=O) groups excluding carboxylic acids is 4. The van der Waals surface area contributed by atoms with Crippen molar-refractivity contribution in [2.24, 2.45) is 17.6 Å². The van der Waals surface area contributed by atoms with Crippen LogP contribution in [0.2, 0.25) is 0 Å². The number of rotatable bonds is 8. The number of carbonyl (C=O) groups is 5. The van der Waals surface area contributed by atoms with Gasteiger partial charge in [-0.05, 0) is 55.2 Å². The molecule has 11 nitrogen and oxygen atoms in total. The fraction of sp³-hybridized carbons (Fsp3) is 0.419. The van der Waals surface area contributed by atoms with E-state index in [-0.39, 0.29) is 29.5 Å². The van der Waals surface area contributed by atoms with Crippen LogP contribution in [0.4, 0.5) is 4.79 Å². The summed E-state index contributed by atoms with van der Waals surface area (Å²) in [7, 11) is 0. The number of hydrogen-bond donors (Lipinski definition) is 2. The van der Waals surface area contributed by atoms with Gasteiger partial charge in [-0.1, -0.05) is 39.8 Å². The monoisotopic (exact) mass is 577 g/mol. The Morgan fingerprint density at radius 3 is 2.12 bits per heavy atom. The van der Waals surface area contributed by atoms with Crippen LogP contribution in [-0.4, -0.2) is 73.7 Å². The first-order chi connectivity index (χ1) is 19.8. The molecular formula is C31H37N4O7+. The van der Waals surface area contributed by atoms with Crippen LogP contribution < -0.4 is 5.73 Å². The molecule has 1 saturated heterocycles. The van der Waals surface area contributed by atoms with E-state index in [0.29, 0.717) is 23.9 Å². The van der Waals surface area contributed by atoms with Crippen molar-refractivity contribution in [1.29, 1.82) is 0 Å². The van der Waals surface area contributed by atoms with Gasteiger partial charge in [-0.15, -0.1) is 0 Å². The molecule has 0 radical (unpaired) electrons. The lowest BCUT2D eigenvalue weighted by Gasteiger charge is -2.40. The van der Waals surface area contributed by atoms with Gasteiger partial charge in [-0.25, -0.2) is 24.3 Å². The maximum absolute atomic E-state index is 14.8. The predicted octanol–water partition coefficient (Wildman–Crippen LogP) is 4.50. The third-order valence-corrected chi connectivity index (χ3v) is 8.11. The van der Waals surface area contributed by atoms with Gasteiger partial charge in [0.1, 0.15) is 23.6 Å². The Morgan fingerprint density at radius 2 is 1.60 bits per heavy atom. The largest absolute Gasteiger partial charge is 0.478 e. The molecule has 222 valence electrons. The summed E-state index contributed by atoms with van der Waals surface area (Å²) in [5.41, 5.74) is 7.05. The number of fused-ring (bicyclic) bond motifs is 1. The zero-order valence-corrected chi connectivity index (χ0v) is 24.4. The summed E-state index contributed by atoms with van der Waals surface area (Å²) in [6, 6.07) is 8.15. The van der Waals surface area contributed by atoms with Crippen LogP contribution in [0.3, 0.4) is 0 Å². The molecule has 1 aliphatic heterocycles. The lowest BCUT2D eigenvalue weighted by molar-refractivity contribution is -0.788. The number of nitrogens with zero attached hydrogens (tertiary/aromatic N) is 3. The van der Waals surface area contributed by atoms with Gasteiger partial charge in [0.2, 0.25) is 5.78 Å². The highest BCUT2D eigenvalue weighted by Crippen LogP contribution is 2.34. The van der Waals surface area contributed by atoms with Gasteiger partial charge in [-0.3, -0.25) is 9.59 Å². The molecule has 0 spiro atoms. The molecule has 4 atom stereocenters. The average Bonchev–Trinajstić information content (AvgIpc) is 3.58. The van der Waals surface area contributed by atoms with Crippen molar-refractivity contribution in [3.63, 3.8) is 0 Å². The number of aromatic nitrogens is 1. The van der Waals surface area contributed by atoms with Gasteiger partial charge < -0.3 is 15.3 Å². The third-order valence-electron chi connectivity index (χ3n) is 8.11. The van der Waals surface area contributed by atoms with Gasteiger partial charge >= 0.3 is 17.9 Å². The second kappa shape index (κ2) is 11.9. The second-order valence-electron chi connectivity index (χ2n) is 11.6. The van der Waals surface area contributed by atoms with E-state index in [2.05, 4.69) is 4.98 Å². The summed E-state index contributed by atoms with van der Waals surface area (Å²) in [5, 5.41) is 9.33. The zero-order chi connectivity index (χ0) is 30.9. The van der Waals surface area contributed by atoms with E-state index in [4.69, 9.17) is 10.2 Å². The zero-order valence-electron chi connectivity index (χ0n) is 24.4. The molecule has 0 saturated carbocycles. The van der Waals surface area contributed by atoms with Crippen LogP contribution >= 0.6 is 0 Å². The second-order valence-corrected chi connectivity index (χ2v) is 11.6. The van der Waals surface area contributed by atoms with Crippen molar-refractivity contribution in [1.82, 2.24) is 9.88 Å². The molecule has 2 unspecified atom stereocenters. The Bertz CT molecular complexity index is 1490. The first kappa shape index (κ1) is 30.7. The number of benzene rings is 2. The van der Waals surface area contributed by atoms with Crippen LogP contribution in [0.15, 0.2) is 52.9 Å². The molecule has 3 aromatic rings. The minimum Gasteiger partial charge on any atom is -0.478 e. The minimum absolute atomic E-state index is 0.0185. The molecule has 11 heteroatoms. The van der Waals surface area contributed by atoms with Crippen LogP contribution in [0.5, 0.6) is 0 Å². The van der Waals surface area contributed by atoms with Crippen molar-refractivity contribution in [3.8, 4) is 0 Å². The molecule has 3 N–H and O–H groups in total. The van der Waals surface area contributed by atoms with Gasteiger partial charge in [0.15, 0.2) is 5.58 Å². The van der Waals surface area contributed by atoms with Crippen molar-refractivity contribution in [2.75, 3.05) is 6.54 Å². The van der Waals surface area contributed by atoms with Crippen LogP contribution in [0, 0.1) is 11.8 Å². The van der Waals surface area contributed by atoms with E-state index in [1.54, 1.807) is 58.9 Å². The summed E-state index contributed by atoms with van der Waals surface area (Å²) in [4.78, 5) is 73.7. The summed E-state index contributed by atoms with van der Waals surface area (Å²) in [6.07, 6.45) is 1.09. The molecule has 0 aliphatic carbocycles. The van der Waals surface area contributed by atoms with Crippen molar-refractivity contribution in [2.45, 2.75) is 65.6 Å². The van der Waals surface area contributed by atoms with Gasteiger partial charge in [0.25, 0.3) is 11.8 Å². The number of ketones is 1. The standard InChI is InChI=1S/C31H36N4O7/c1-17(2)24(32)29(38)35(16-8-9-19(35)5)31(41)34(28(37)20-12-14-21(15-13-20)30(39)40)25(18(3)4)26(36)27-33-22-10-6-7-11-23(22)42-27/h6-7,10-15,17-19,24-25H,8-9,16,32H2,1-5H3/p+1/t19-,24+,25?,35?/m1/s1. The SMILES string of the molecule is CC(C)C(C(=O)c1nc2ccccc2o1)N(C(=O)c1ccc(C(=O)O)cc1)C(=O)[N+]1(C(=O)[C@@H](N)C(C)C)CCC[C@H]1C. The number of aromatic carboxylic acids is 1. The molecule has 0 bridgehead atoms. The van der Waals surface area contributed by atoms with Crippen LogP contribution in [-0.2, 0) is 4.79 Å². The Hall–Kier alpha value is -4.22. The number of nitrogens with two attached hydrogens (primary N) is 1. The van der Waals surface area contributed by atoms with Crippen LogP contribution in [0.1, 0.15) is 78.9 Å². The van der Waals surface area contributed by atoms with E-state index in [1.165, 1.54) is 24.3 Å². The number of carboxylic acids is 1. The highest BCUT2D eigenvalue weighted by molar-refractivity contribution is 6.10. The normalized spacial score (nSPS) is 20.0. The summed E-state index contributed by atoms with van der Waals surface area (Å²) >= 11 is 0. The maximum Gasteiger partial charge on any atom is 0.434 e. The summed E-state index contributed by atoms with van der Waals surface area (Å²) in [5.74, 6) is -4.40. The number of oxazole rings is 1. The molecule has 2 heterocycles. The number of quaternary nitrogens is 1. The maximum atomic E-state index is 14.8. The number of para-hydroxylation sites is 2. The lowest BCUT2D eigenvalue weighted by atomic mass is 9.96. The Labute approximate surface area is 243 Å². The molecule has 1 aromatic heterocycles. The van der Waals surface area contributed by atoms with E-state index in [0.717, 1.165) is 4.90 Å². The van der Waals surface area contributed by atoms with Crippen molar-refractivity contribution < 1.29 is 38.0 Å². The number of Topliss-reactive ketones (excluding diaryl/α,β-unsaturated/α-hetero) is 1. The Kier molecular flexibility index (Phi) is 8.74. The molecule has 1 aliphatic rings. The molecule has 2 aromatic carbocycles. The van der Waals surface area contributed by atoms with Gasteiger partial charge in [0.05, 0.1) is 12.1 Å². The van der Waals surface area contributed by atoms with Crippen molar-refractivity contribution >= 4 is 40.7 Å². The van der Waals surface area contributed by atoms with Gasteiger partial charge in [0, 0.05) is 18.4 Å². The molecule has 4 rings (SSSR count). The number of amides is 4. The smallest absolute Gasteiger partial charge is 0.434 e. The summed E-state index contributed by atoms with van der Waals surface area (Å²) in [6.45, 7) is 8.84. The highest BCUT2D eigenvalue weighted by atomic mass is 16.4. The predicted molar refractivity (Wildman–Crippen MR) is 154 cm³/mol. The average molecular weight is 578 g/mol. The number of urea groups is 1. The fourth-order valence-electron chi connectivity index (χ4n) is 5.58. The Balaban J connectivity index is 1.89. The first-order valence-corrected chi connectivity index (χ1v) is 14.1. The Morgan fingerprint density at radius 1 is 0.976 bits per heavy atom. The molecule has 42 heavy (non-hydrogen) atoms. The summed E-state index contributed by atoms with van der Waals surface area (Å²) < 4.78 is 5.03. The minimum atomic E-state index is -1.39. The number of hydrogen-bond acceptors (Lipinski definition) is 8. The van der Waals surface area contributed by atoms with E-state index in [9.17, 15) is 29.1 Å².